The first-order chi connectivity index (χ1) is 10.8. The second kappa shape index (κ2) is 5.16. The second-order valence-electron chi connectivity index (χ2n) is 4.80. The normalized spacial score (nSPS) is 14.9. The van der Waals surface area contributed by atoms with Gasteiger partial charge in [0.25, 0.3) is 5.91 Å². The number of nitrogens with one attached hydrogen (secondary N) is 1. The molecule has 0 atom stereocenters. The Hall–Kier alpha value is -2.86. The number of hydrogen-bond donors (Lipinski definition) is 1. The fourth-order valence-electron chi connectivity index (χ4n) is 2.34. The minimum atomic E-state index is -0.172. The zero-order chi connectivity index (χ0) is 14.9. The van der Waals surface area contributed by atoms with Crippen LogP contribution in [0.25, 0.3) is 11.3 Å². The molecule has 2 heterocycles. The topological polar surface area (TPSA) is 67.2 Å². The van der Waals surface area contributed by atoms with Crippen LogP contribution < -0.4 is 5.32 Å². The third kappa shape index (κ3) is 2.19. The first-order valence-electron chi connectivity index (χ1n) is 6.68. The van der Waals surface area contributed by atoms with Crippen molar-refractivity contribution in [1.82, 2.24) is 9.59 Å². The zero-order valence-corrected chi connectivity index (χ0v) is 12.2. The van der Waals surface area contributed by atoms with Crippen molar-refractivity contribution in [3.8, 4) is 11.3 Å². The molecule has 0 unspecified atom stereocenters. The molecule has 0 fully saturated rings. The highest BCUT2D eigenvalue weighted by Crippen LogP contribution is 2.26. The van der Waals surface area contributed by atoms with E-state index in [-0.39, 0.29) is 5.91 Å². The quantitative estimate of drug-likeness (QED) is 0.790. The fraction of sp³-hybridized carbons (Fsp3) is 0. The standard InChI is InChI=1S/C16H10N4OS/c21-16-15(12-3-1-2-4-13(12)18-16)17-11-7-5-10(6-8-11)14-9-22-20-19-14/h1-9H,(H,17,18,21). The molecule has 1 aliphatic rings. The number of fused-ring (bicyclic) bond motifs is 1. The number of para-hydroxylation sites is 1. The van der Waals surface area contributed by atoms with Gasteiger partial charge in [-0.15, -0.1) is 5.10 Å². The van der Waals surface area contributed by atoms with Gasteiger partial charge in [0.15, 0.2) is 0 Å². The molecule has 0 radical (unpaired) electrons. The van der Waals surface area contributed by atoms with E-state index in [1.807, 2.05) is 53.9 Å². The van der Waals surface area contributed by atoms with Gasteiger partial charge >= 0.3 is 0 Å². The monoisotopic (exact) mass is 306 g/mol. The maximum atomic E-state index is 12.0. The summed E-state index contributed by atoms with van der Waals surface area (Å²) in [5, 5.41) is 8.74. The smallest absolute Gasteiger partial charge is 0.275 e. The molecule has 0 spiro atoms. The van der Waals surface area contributed by atoms with E-state index < -0.39 is 0 Å². The van der Waals surface area contributed by atoms with Crippen LogP contribution in [-0.2, 0) is 4.79 Å². The summed E-state index contributed by atoms with van der Waals surface area (Å²) in [7, 11) is 0. The van der Waals surface area contributed by atoms with Crippen LogP contribution in [0.3, 0.4) is 0 Å². The molecule has 106 valence electrons. The van der Waals surface area contributed by atoms with Gasteiger partial charge < -0.3 is 5.32 Å². The van der Waals surface area contributed by atoms with Gasteiger partial charge in [0.1, 0.15) is 11.4 Å². The number of benzene rings is 2. The molecule has 1 N–H and O–H groups in total. The van der Waals surface area contributed by atoms with Crippen LogP contribution in [0.4, 0.5) is 11.4 Å². The first kappa shape index (κ1) is 12.8. The average Bonchev–Trinajstić information content (AvgIpc) is 3.17. The minimum absolute atomic E-state index is 0.172. The molecule has 1 amide bonds. The van der Waals surface area contributed by atoms with Gasteiger partial charge in [-0.05, 0) is 29.7 Å². The fourth-order valence-corrected chi connectivity index (χ4v) is 2.80. The first-order valence-corrected chi connectivity index (χ1v) is 7.52. The molecule has 4 rings (SSSR count). The molecule has 6 heteroatoms. The lowest BCUT2D eigenvalue weighted by atomic mass is 10.1. The third-order valence-electron chi connectivity index (χ3n) is 3.41. The number of carbonyl (C=O) groups is 1. The van der Waals surface area contributed by atoms with Gasteiger partial charge in [-0.25, -0.2) is 4.99 Å². The van der Waals surface area contributed by atoms with Gasteiger partial charge in [0.05, 0.1) is 11.4 Å². The summed E-state index contributed by atoms with van der Waals surface area (Å²) in [6.45, 7) is 0. The molecule has 0 bridgehead atoms. The van der Waals surface area contributed by atoms with Crippen molar-refractivity contribution in [3.63, 3.8) is 0 Å². The van der Waals surface area contributed by atoms with Crippen molar-refractivity contribution in [2.24, 2.45) is 4.99 Å². The van der Waals surface area contributed by atoms with Gasteiger partial charge in [0.2, 0.25) is 0 Å². The summed E-state index contributed by atoms with van der Waals surface area (Å²) in [6.07, 6.45) is 0. The number of rotatable bonds is 2. The Morgan fingerprint density at radius 1 is 1.05 bits per heavy atom. The number of hydrogen-bond acceptors (Lipinski definition) is 5. The number of amides is 1. The van der Waals surface area contributed by atoms with Crippen LogP contribution in [0, 0.1) is 0 Å². The molecule has 2 aromatic carbocycles. The Labute approximate surface area is 130 Å². The van der Waals surface area contributed by atoms with E-state index in [0.29, 0.717) is 5.71 Å². The number of aliphatic imine (C=N–C) groups is 1. The van der Waals surface area contributed by atoms with Crippen LogP contribution in [0.5, 0.6) is 0 Å². The van der Waals surface area contributed by atoms with Crippen molar-refractivity contribution < 1.29 is 4.79 Å². The molecule has 22 heavy (non-hydrogen) atoms. The largest absolute Gasteiger partial charge is 0.320 e. The summed E-state index contributed by atoms with van der Waals surface area (Å²) < 4.78 is 3.85. The predicted octanol–water partition coefficient (Wildman–Crippen LogP) is 3.28. The van der Waals surface area contributed by atoms with Crippen molar-refractivity contribution >= 4 is 34.5 Å². The summed E-state index contributed by atoms with van der Waals surface area (Å²) >= 11 is 1.32. The number of anilines is 1. The van der Waals surface area contributed by atoms with Crippen molar-refractivity contribution in [3.05, 3.63) is 59.5 Å². The third-order valence-corrected chi connectivity index (χ3v) is 3.91. The Kier molecular flexibility index (Phi) is 3.01. The van der Waals surface area contributed by atoms with Crippen LogP contribution in [0.15, 0.2) is 58.9 Å². The maximum Gasteiger partial charge on any atom is 0.275 e. The van der Waals surface area contributed by atoms with E-state index >= 15 is 0 Å². The molecular weight excluding hydrogens is 296 g/mol. The lowest BCUT2D eigenvalue weighted by molar-refractivity contribution is -0.110. The Balaban J connectivity index is 1.70. The Bertz CT molecular complexity index is 869. The molecule has 0 saturated heterocycles. The summed E-state index contributed by atoms with van der Waals surface area (Å²) in [4.78, 5) is 16.5. The Morgan fingerprint density at radius 2 is 1.86 bits per heavy atom. The van der Waals surface area contributed by atoms with Gasteiger partial charge in [-0.2, -0.15) is 0 Å². The number of nitrogens with zero attached hydrogens (tertiary/aromatic N) is 3. The van der Waals surface area contributed by atoms with Crippen LogP contribution >= 0.6 is 11.5 Å². The van der Waals surface area contributed by atoms with E-state index in [9.17, 15) is 4.79 Å². The van der Waals surface area contributed by atoms with E-state index in [1.165, 1.54) is 11.5 Å². The molecule has 1 aliphatic heterocycles. The molecule has 1 aromatic heterocycles. The van der Waals surface area contributed by atoms with Crippen LogP contribution in [0.2, 0.25) is 0 Å². The minimum Gasteiger partial charge on any atom is -0.320 e. The van der Waals surface area contributed by atoms with Crippen molar-refractivity contribution in [1.29, 1.82) is 0 Å². The molecule has 0 saturated carbocycles. The van der Waals surface area contributed by atoms with Gasteiger partial charge in [-0.3, -0.25) is 4.79 Å². The highest BCUT2D eigenvalue weighted by Gasteiger charge is 2.25. The van der Waals surface area contributed by atoms with E-state index in [0.717, 1.165) is 28.2 Å². The maximum absolute atomic E-state index is 12.0. The second-order valence-corrected chi connectivity index (χ2v) is 5.41. The van der Waals surface area contributed by atoms with Crippen molar-refractivity contribution in [2.45, 2.75) is 0 Å². The lowest BCUT2D eigenvalue weighted by Gasteiger charge is -1.99. The van der Waals surface area contributed by atoms with Gasteiger partial charge in [-0.1, -0.05) is 34.8 Å². The molecule has 5 nitrogen and oxygen atoms in total. The lowest BCUT2D eigenvalue weighted by Crippen LogP contribution is -2.13. The highest BCUT2D eigenvalue weighted by molar-refractivity contribution is 7.03. The predicted molar refractivity (Wildman–Crippen MR) is 86.6 cm³/mol. The number of aromatic nitrogens is 2. The van der Waals surface area contributed by atoms with Crippen LogP contribution in [-0.4, -0.2) is 21.2 Å². The molecule has 0 aliphatic carbocycles. The summed E-state index contributed by atoms with van der Waals surface area (Å²) in [5.41, 5.74) is 4.63. The highest BCUT2D eigenvalue weighted by atomic mass is 32.1. The summed E-state index contributed by atoms with van der Waals surface area (Å²) in [6, 6.07) is 15.1. The average molecular weight is 306 g/mol. The van der Waals surface area contributed by atoms with E-state index in [2.05, 4.69) is 19.9 Å². The number of carbonyl (C=O) groups excluding carboxylic acids is 1. The Morgan fingerprint density at radius 3 is 2.64 bits per heavy atom. The summed E-state index contributed by atoms with van der Waals surface area (Å²) in [5.74, 6) is -0.172. The van der Waals surface area contributed by atoms with Crippen molar-refractivity contribution in [2.75, 3.05) is 5.32 Å². The van der Waals surface area contributed by atoms with E-state index in [1.54, 1.807) is 0 Å². The molecule has 3 aromatic rings. The molecular formula is C16H10N4OS. The van der Waals surface area contributed by atoms with Gasteiger partial charge in [0, 0.05) is 16.5 Å². The van der Waals surface area contributed by atoms with Crippen LogP contribution in [0.1, 0.15) is 5.56 Å². The zero-order valence-electron chi connectivity index (χ0n) is 11.4. The SMILES string of the molecule is O=C1Nc2ccccc2C1=Nc1ccc(-c2csnn2)cc1. The van der Waals surface area contributed by atoms with E-state index in [4.69, 9.17) is 0 Å².